The van der Waals surface area contributed by atoms with Crippen molar-refractivity contribution >= 4 is 0 Å². The van der Waals surface area contributed by atoms with Gasteiger partial charge in [-0.3, -0.25) is 0 Å². The fourth-order valence-electron chi connectivity index (χ4n) is 2.49. The Morgan fingerprint density at radius 1 is 0.720 bits per heavy atom. The van der Waals surface area contributed by atoms with Gasteiger partial charge in [0.25, 0.3) is 0 Å². The Bertz CT molecular complexity index is 904. The van der Waals surface area contributed by atoms with E-state index in [0.717, 1.165) is 30.3 Å². The number of benzene rings is 3. The SMILES string of the molecule is Fc1ccccc1-c1cc(F)c(-c2cc[c]c(C(F)(F)F)c2)c(F)c1. The normalized spacial score (nSPS) is 11.6. The van der Waals surface area contributed by atoms with Crippen molar-refractivity contribution in [3.63, 3.8) is 0 Å². The smallest absolute Gasteiger partial charge is 0.206 e. The van der Waals surface area contributed by atoms with Crippen molar-refractivity contribution in [1.29, 1.82) is 0 Å². The molecule has 3 aromatic rings. The molecule has 0 saturated carbocycles. The van der Waals surface area contributed by atoms with Crippen molar-refractivity contribution in [2.75, 3.05) is 0 Å². The number of rotatable bonds is 2. The maximum absolute atomic E-state index is 14.4. The van der Waals surface area contributed by atoms with E-state index in [-0.39, 0.29) is 16.7 Å². The van der Waals surface area contributed by atoms with E-state index in [1.54, 1.807) is 0 Å². The van der Waals surface area contributed by atoms with Gasteiger partial charge in [-0.1, -0.05) is 30.3 Å². The average Bonchev–Trinajstić information content (AvgIpc) is 2.54. The Morgan fingerprint density at radius 3 is 1.96 bits per heavy atom. The summed E-state index contributed by atoms with van der Waals surface area (Å²) in [6.45, 7) is 0. The molecule has 3 rings (SSSR count). The van der Waals surface area contributed by atoms with E-state index < -0.39 is 34.8 Å². The van der Waals surface area contributed by atoms with Gasteiger partial charge in [-0.25, -0.2) is 13.2 Å². The van der Waals surface area contributed by atoms with E-state index in [0.29, 0.717) is 6.07 Å². The summed E-state index contributed by atoms with van der Waals surface area (Å²) >= 11 is 0. The third kappa shape index (κ3) is 3.38. The second-order valence-electron chi connectivity index (χ2n) is 5.28. The van der Waals surface area contributed by atoms with Crippen LogP contribution in [-0.2, 0) is 6.18 Å². The maximum Gasteiger partial charge on any atom is 0.417 e. The van der Waals surface area contributed by atoms with Crippen LogP contribution in [0.3, 0.4) is 0 Å². The summed E-state index contributed by atoms with van der Waals surface area (Å²) in [4.78, 5) is 0. The highest BCUT2D eigenvalue weighted by atomic mass is 19.4. The Balaban J connectivity index is 2.12. The first-order chi connectivity index (χ1) is 11.8. The first kappa shape index (κ1) is 17.1. The lowest BCUT2D eigenvalue weighted by molar-refractivity contribution is -0.137. The molecular weight excluding hydrogens is 342 g/mol. The van der Waals surface area contributed by atoms with E-state index >= 15 is 0 Å². The fraction of sp³-hybridized carbons (Fsp3) is 0.0526. The molecule has 3 aromatic carbocycles. The Kier molecular flexibility index (Phi) is 4.29. The lowest BCUT2D eigenvalue weighted by atomic mass is 9.97. The quantitative estimate of drug-likeness (QED) is 0.478. The van der Waals surface area contributed by atoms with Crippen molar-refractivity contribution in [3.05, 3.63) is 83.7 Å². The largest absolute Gasteiger partial charge is 0.417 e. The first-order valence-corrected chi connectivity index (χ1v) is 7.10. The molecule has 0 amide bonds. The minimum absolute atomic E-state index is 0.00998. The zero-order valence-corrected chi connectivity index (χ0v) is 12.5. The molecule has 1 radical (unpaired) electrons. The van der Waals surface area contributed by atoms with E-state index in [4.69, 9.17) is 0 Å². The van der Waals surface area contributed by atoms with Crippen LogP contribution < -0.4 is 0 Å². The van der Waals surface area contributed by atoms with E-state index in [1.165, 1.54) is 18.2 Å². The second-order valence-corrected chi connectivity index (χ2v) is 5.28. The Morgan fingerprint density at radius 2 is 1.36 bits per heavy atom. The molecule has 6 heteroatoms. The summed E-state index contributed by atoms with van der Waals surface area (Å²) in [7, 11) is 0. The summed E-state index contributed by atoms with van der Waals surface area (Å²) < 4.78 is 80.8. The van der Waals surface area contributed by atoms with Gasteiger partial charge in [0.05, 0.1) is 11.1 Å². The van der Waals surface area contributed by atoms with Crippen molar-refractivity contribution in [2.24, 2.45) is 0 Å². The van der Waals surface area contributed by atoms with Crippen LogP contribution in [0.25, 0.3) is 22.3 Å². The predicted octanol–water partition coefficient (Wildman–Crippen LogP) is 6.26. The van der Waals surface area contributed by atoms with Crippen LogP contribution in [0.5, 0.6) is 0 Å². The van der Waals surface area contributed by atoms with Gasteiger partial charge >= 0.3 is 6.18 Å². The zero-order chi connectivity index (χ0) is 18.2. The van der Waals surface area contributed by atoms with Crippen molar-refractivity contribution < 1.29 is 26.3 Å². The topological polar surface area (TPSA) is 0 Å². The van der Waals surface area contributed by atoms with Crippen LogP contribution in [0.15, 0.2) is 54.6 Å². The molecule has 0 aromatic heterocycles. The van der Waals surface area contributed by atoms with Crippen molar-refractivity contribution in [3.8, 4) is 22.3 Å². The van der Waals surface area contributed by atoms with Crippen LogP contribution in [0.4, 0.5) is 26.3 Å². The molecule has 0 unspecified atom stereocenters. The predicted molar refractivity (Wildman–Crippen MR) is 81.0 cm³/mol. The highest BCUT2D eigenvalue weighted by Gasteiger charge is 2.31. The Hall–Kier alpha value is -2.76. The molecule has 0 bridgehead atoms. The maximum atomic E-state index is 14.4. The van der Waals surface area contributed by atoms with Crippen LogP contribution >= 0.6 is 0 Å². The molecule has 0 N–H and O–H groups in total. The number of alkyl halides is 3. The minimum Gasteiger partial charge on any atom is -0.206 e. The van der Waals surface area contributed by atoms with Gasteiger partial charge in [-0.05, 0) is 41.5 Å². The first-order valence-electron chi connectivity index (χ1n) is 7.10. The summed E-state index contributed by atoms with van der Waals surface area (Å²) in [5.74, 6) is -2.84. The fourth-order valence-corrected chi connectivity index (χ4v) is 2.49. The Labute approximate surface area is 139 Å². The molecule has 0 fully saturated rings. The van der Waals surface area contributed by atoms with Gasteiger partial charge in [0.15, 0.2) is 0 Å². The minimum atomic E-state index is -4.68. The monoisotopic (exact) mass is 351 g/mol. The van der Waals surface area contributed by atoms with E-state index in [9.17, 15) is 26.3 Å². The number of hydrogen-bond acceptors (Lipinski definition) is 0. The van der Waals surface area contributed by atoms with Gasteiger partial charge in [0.1, 0.15) is 17.5 Å². The zero-order valence-electron chi connectivity index (χ0n) is 12.5. The molecular formula is C19H9F6. The molecule has 0 heterocycles. The number of hydrogen-bond donors (Lipinski definition) is 0. The lowest BCUT2D eigenvalue weighted by Gasteiger charge is -2.12. The standard InChI is InChI=1S/C19H9F6/c20-15-7-2-1-6-14(15)12-9-16(21)18(17(22)10-12)11-4-3-5-13(8-11)19(23,24)25/h1-4,6-10H. The van der Waals surface area contributed by atoms with Crippen molar-refractivity contribution in [1.82, 2.24) is 0 Å². The average molecular weight is 351 g/mol. The molecule has 0 aliphatic rings. The van der Waals surface area contributed by atoms with Crippen LogP contribution in [0, 0.1) is 23.5 Å². The van der Waals surface area contributed by atoms with Gasteiger partial charge in [0, 0.05) is 5.56 Å². The lowest BCUT2D eigenvalue weighted by Crippen LogP contribution is -2.05. The molecule has 0 saturated heterocycles. The third-order valence-electron chi connectivity index (χ3n) is 3.62. The molecule has 0 spiro atoms. The van der Waals surface area contributed by atoms with E-state index in [2.05, 4.69) is 0 Å². The summed E-state index contributed by atoms with van der Waals surface area (Å²) in [6, 6.07) is 11.9. The van der Waals surface area contributed by atoms with Gasteiger partial charge in [0.2, 0.25) is 0 Å². The molecule has 25 heavy (non-hydrogen) atoms. The molecule has 0 aliphatic heterocycles. The molecule has 0 atom stereocenters. The van der Waals surface area contributed by atoms with Crippen molar-refractivity contribution in [2.45, 2.75) is 6.18 Å². The third-order valence-corrected chi connectivity index (χ3v) is 3.62. The summed E-state index contributed by atoms with van der Waals surface area (Å²) in [5.41, 5.74) is -2.08. The number of halogens is 6. The molecule has 127 valence electrons. The highest BCUT2D eigenvalue weighted by molar-refractivity contribution is 5.72. The van der Waals surface area contributed by atoms with Crippen LogP contribution in [0.1, 0.15) is 5.56 Å². The summed E-state index contributed by atoms with van der Waals surface area (Å²) in [5, 5.41) is 0. The highest BCUT2D eigenvalue weighted by Crippen LogP contribution is 2.35. The molecule has 0 aliphatic carbocycles. The molecule has 0 nitrogen and oxygen atoms in total. The van der Waals surface area contributed by atoms with Crippen LogP contribution in [-0.4, -0.2) is 0 Å². The summed E-state index contributed by atoms with van der Waals surface area (Å²) in [6.07, 6.45) is -4.68. The van der Waals surface area contributed by atoms with E-state index in [1.807, 2.05) is 6.07 Å². The second kappa shape index (κ2) is 6.27. The van der Waals surface area contributed by atoms with Gasteiger partial charge < -0.3 is 0 Å². The van der Waals surface area contributed by atoms with Gasteiger partial charge in [-0.15, -0.1) is 0 Å². The van der Waals surface area contributed by atoms with Gasteiger partial charge in [-0.2, -0.15) is 13.2 Å². The van der Waals surface area contributed by atoms with Crippen LogP contribution in [0.2, 0.25) is 0 Å².